The van der Waals surface area contributed by atoms with E-state index in [0.717, 1.165) is 43.1 Å². The van der Waals surface area contributed by atoms with E-state index in [4.69, 9.17) is 4.74 Å². The number of ether oxygens (including phenoxy) is 1. The van der Waals surface area contributed by atoms with Gasteiger partial charge in [-0.1, -0.05) is 42.5 Å². The molecule has 0 aliphatic carbocycles. The van der Waals surface area contributed by atoms with Crippen molar-refractivity contribution in [1.29, 1.82) is 0 Å². The van der Waals surface area contributed by atoms with E-state index < -0.39 is 0 Å². The van der Waals surface area contributed by atoms with Gasteiger partial charge in [-0.25, -0.2) is 0 Å². The molecule has 0 bridgehead atoms. The SMILES string of the molecule is SCCCOc1cc(-c2ccccc2)ccc1CCCS. The molecule has 3 heteroatoms. The first-order chi connectivity index (χ1) is 10.3. The van der Waals surface area contributed by atoms with E-state index in [9.17, 15) is 0 Å². The van der Waals surface area contributed by atoms with E-state index in [0.29, 0.717) is 0 Å². The molecule has 0 aliphatic rings. The van der Waals surface area contributed by atoms with Gasteiger partial charge < -0.3 is 4.74 Å². The maximum absolute atomic E-state index is 5.96. The molecule has 0 saturated carbocycles. The lowest BCUT2D eigenvalue weighted by atomic mass is 10.0. The second-order valence-electron chi connectivity index (χ2n) is 4.94. The highest BCUT2D eigenvalue weighted by molar-refractivity contribution is 7.80. The van der Waals surface area contributed by atoms with E-state index in [-0.39, 0.29) is 0 Å². The van der Waals surface area contributed by atoms with E-state index in [1.54, 1.807) is 0 Å². The van der Waals surface area contributed by atoms with Crippen LogP contribution < -0.4 is 4.74 Å². The Morgan fingerprint density at radius 3 is 2.29 bits per heavy atom. The predicted octanol–water partition coefficient (Wildman–Crippen LogP) is 4.91. The number of benzene rings is 2. The zero-order valence-corrected chi connectivity index (χ0v) is 14.0. The Morgan fingerprint density at radius 2 is 1.57 bits per heavy atom. The summed E-state index contributed by atoms with van der Waals surface area (Å²) in [6.07, 6.45) is 3.04. The van der Waals surface area contributed by atoms with Gasteiger partial charge >= 0.3 is 0 Å². The van der Waals surface area contributed by atoms with Crippen LogP contribution in [0.4, 0.5) is 0 Å². The third-order valence-corrected chi connectivity index (χ3v) is 3.97. The molecule has 0 amide bonds. The molecule has 0 atom stereocenters. The van der Waals surface area contributed by atoms with Crippen LogP contribution in [0, 0.1) is 0 Å². The van der Waals surface area contributed by atoms with Crippen molar-refractivity contribution < 1.29 is 4.74 Å². The highest BCUT2D eigenvalue weighted by atomic mass is 32.1. The second kappa shape index (κ2) is 9.06. The molecular formula is C18H22OS2. The third-order valence-electron chi connectivity index (χ3n) is 3.34. The number of hydrogen-bond donors (Lipinski definition) is 2. The molecule has 0 aliphatic heterocycles. The van der Waals surface area contributed by atoms with Gasteiger partial charge in [0.2, 0.25) is 0 Å². The largest absolute Gasteiger partial charge is 0.493 e. The Kier molecular flexibility index (Phi) is 7.04. The normalized spacial score (nSPS) is 10.6. The van der Waals surface area contributed by atoms with Crippen LogP contribution in [0.1, 0.15) is 18.4 Å². The molecule has 0 heterocycles. The van der Waals surface area contributed by atoms with Gasteiger partial charge in [0.05, 0.1) is 6.61 Å². The number of thiol groups is 2. The lowest BCUT2D eigenvalue weighted by molar-refractivity contribution is 0.315. The maximum Gasteiger partial charge on any atom is 0.123 e. The minimum atomic E-state index is 0.718. The first-order valence-corrected chi connectivity index (χ1v) is 8.64. The van der Waals surface area contributed by atoms with Crippen molar-refractivity contribution in [3.8, 4) is 16.9 Å². The van der Waals surface area contributed by atoms with Crippen LogP contribution >= 0.6 is 25.3 Å². The summed E-state index contributed by atoms with van der Waals surface area (Å²) >= 11 is 8.53. The number of rotatable bonds is 8. The molecule has 2 aromatic carbocycles. The van der Waals surface area contributed by atoms with Crippen LogP contribution in [-0.2, 0) is 6.42 Å². The van der Waals surface area contributed by atoms with Gasteiger partial charge in [-0.3, -0.25) is 0 Å². The van der Waals surface area contributed by atoms with Gasteiger partial charge in [-0.05, 0) is 53.5 Å². The van der Waals surface area contributed by atoms with Crippen LogP contribution in [-0.4, -0.2) is 18.1 Å². The van der Waals surface area contributed by atoms with Crippen LogP contribution in [0.15, 0.2) is 48.5 Å². The first-order valence-electron chi connectivity index (χ1n) is 7.38. The maximum atomic E-state index is 5.96. The molecule has 0 aromatic heterocycles. The average Bonchev–Trinajstić information content (AvgIpc) is 2.54. The van der Waals surface area contributed by atoms with E-state index in [1.807, 2.05) is 6.07 Å². The second-order valence-corrected chi connectivity index (χ2v) is 5.84. The predicted molar refractivity (Wildman–Crippen MR) is 98.0 cm³/mol. The number of aryl methyl sites for hydroxylation is 1. The lowest BCUT2D eigenvalue weighted by Crippen LogP contribution is -2.01. The molecule has 0 N–H and O–H groups in total. The highest BCUT2D eigenvalue weighted by Gasteiger charge is 2.06. The quantitative estimate of drug-likeness (QED) is 0.519. The van der Waals surface area contributed by atoms with Gasteiger partial charge in [0.25, 0.3) is 0 Å². The van der Waals surface area contributed by atoms with Gasteiger partial charge in [0.15, 0.2) is 0 Å². The highest BCUT2D eigenvalue weighted by Crippen LogP contribution is 2.28. The van der Waals surface area contributed by atoms with Crippen molar-refractivity contribution in [3.63, 3.8) is 0 Å². The van der Waals surface area contributed by atoms with Crippen molar-refractivity contribution in [2.75, 3.05) is 18.1 Å². The summed E-state index contributed by atoms with van der Waals surface area (Å²) in [4.78, 5) is 0. The molecule has 2 rings (SSSR count). The fourth-order valence-electron chi connectivity index (χ4n) is 2.22. The molecule has 0 unspecified atom stereocenters. The molecule has 0 spiro atoms. The fraction of sp³-hybridized carbons (Fsp3) is 0.333. The van der Waals surface area contributed by atoms with Gasteiger partial charge in [-0.15, -0.1) is 0 Å². The summed E-state index contributed by atoms with van der Waals surface area (Å²) in [5.41, 5.74) is 3.69. The average molecular weight is 319 g/mol. The summed E-state index contributed by atoms with van der Waals surface area (Å²) in [6.45, 7) is 0.718. The molecule has 1 nitrogen and oxygen atoms in total. The molecular weight excluding hydrogens is 296 g/mol. The molecule has 0 radical (unpaired) electrons. The molecule has 21 heavy (non-hydrogen) atoms. The van der Waals surface area contributed by atoms with Crippen molar-refractivity contribution in [2.45, 2.75) is 19.3 Å². The van der Waals surface area contributed by atoms with Gasteiger partial charge in [-0.2, -0.15) is 25.3 Å². The lowest BCUT2D eigenvalue weighted by Gasteiger charge is -2.13. The standard InChI is InChI=1S/C18H22OS2/c20-12-4-8-16-9-10-17(15-6-2-1-3-7-15)14-18(16)19-11-5-13-21/h1-3,6-7,9-10,14,20-21H,4-5,8,11-13H2. The van der Waals surface area contributed by atoms with Crippen LogP contribution in [0.5, 0.6) is 5.75 Å². The number of hydrogen-bond acceptors (Lipinski definition) is 3. The van der Waals surface area contributed by atoms with Gasteiger partial charge in [0.1, 0.15) is 5.75 Å². The zero-order valence-electron chi connectivity index (χ0n) is 12.2. The Hall–Kier alpha value is -1.06. The minimum Gasteiger partial charge on any atom is -0.493 e. The summed E-state index contributed by atoms with van der Waals surface area (Å²) in [7, 11) is 0. The van der Waals surface area contributed by atoms with Gasteiger partial charge in [0, 0.05) is 0 Å². The Morgan fingerprint density at radius 1 is 0.810 bits per heavy atom. The van der Waals surface area contributed by atoms with Crippen LogP contribution in [0.25, 0.3) is 11.1 Å². The minimum absolute atomic E-state index is 0.718. The summed E-state index contributed by atoms with van der Waals surface area (Å²) in [5.74, 6) is 2.75. The Labute approximate surface area is 138 Å². The smallest absolute Gasteiger partial charge is 0.123 e. The van der Waals surface area contributed by atoms with Crippen molar-refractivity contribution in [1.82, 2.24) is 0 Å². The molecule has 2 aromatic rings. The topological polar surface area (TPSA) is 9.23 Å². The first kappa shape index (κ1) is 16.3. The van der Waals surface area contributed by atoms with E-state index >= 15 is 0 Å². The monoisotopic (exact) mass is 318 g/mol. The van der Waals surface area contributed by atoms with Crippen molar-refractivity contribution >= 4 is 25.3 Å². The fourth-order valence-corrected chi connectivity index (χ4v) is 2.51. The summed E-state index contributed by atoms with van der Waals surface area (Å²) < 4.78 is 5.96. The van der Waals surface area contributed by atoms with Crippen molar-refractivity contribution in [2.24, 2.45) is 0 Å². The molecule has 112 valence electrons. The summed E-state index contributed by atoms with van der Waals surface area (Å²) in [6, 6.07) is 16.9. The van der Waals surface area contributed by atoms with Crippen LogP contribution in [0.3, 0.4) is 0 Å². The third kappa shape index (κ3) is 5.01. The Balaban J connectivity index is 2.22. The zero-order chi connectivity index (χ0) is 14.9. The molecule has 0 fully saturated rings. The Bertz CT molecular complexity index is 540. The summed E-state index contributed by atoms with van der Waals surface area (Å²) in [5, 5.41) is 0. The van der Waals surface area contributed by atoms with Crippen molar-refractivity contribution in [3.05, 3.63) is 54.1 Å². The van der Waals surface area contributed by atoms with Crippen LogP contribution in [0.2, 0.25) is 0 Å². The van der Waals surface area contributed by atoms with E-state index in [2.05, 4.69) is 67.7 Å². The van der Waals surface area contributed by atoms with E-state index in [1.165, 1.54) is 16.7 Å². The molecule has 0 saturated heterocycles.